The summed E-state index contributed by atoms with van der Waals surface area (Å²) in [6.07, 6.45) is 9.59. The summed E-state index contributed by atoms with van der Waals surface area (Å²) >= 11 is 0. The van der Waals surface area contributed by atoms with E-state index in [1.165, 1.54) is 5.56 Å². The molecule has 1 heteroatoms. The van der Waals surface area contributed by atoms with Gasteiger partial charge in [0, 0.05) is 0 Å². The quantitative estimate of drug-likeness (QED) is 0.718. The van der Waals surface area contributed by atoms with Gasteiger partial charge in [-0.05, 0) is 49.1 Å². The van der Waals surface area contributed by atoms with Gasteiger partial charge >= 0.3 is 0 Å². The second-order valence-corrected chi connectivity index (χ2v) is 3.69. The molecule has 0 amide bonds. The van der Waals surface area contributed by atoms with E-state index in [2.05, 4.69) is 31.2 Å². The van der Waals surface area contributed by atoms with Gasteiger partial charge in [-0.1, -0.05) is 39.0 Å². The van der Waals surface area contributed by atoms with Gasteiger partial charge in [0.05, 0.1) is 0 Å². The summed E-state index contributed by atoms with van der Waals surface area (Å²) < 4.78 is 5.77. The summed E-state index contributed by atoms with van der Waals surface area (Å²) in [5.74, 6) is 1.90. The zero-order chi connectivity index (χ0) is 12.5. The Morgan fingerprint density at radius 1 is 1.18 bits per heavy atom. The van der Waals surface area contributed by atoms with Gasteiger partial charge in [0.2, 0.25) is 0 Å². The molecule has 0 saturated heterocycles. The Labute approximate surface area is 105 Å². The molecule has 0 bridgehead atoms. The van der Waals surface area contributed by atoms with E-state index in [9.17, 15) is 0 Å². The van der Waals surface area contributed by atoms with Gasteiger partial charge < -0.3 is 4.74 Å². The van der Waals surface area contributed by atoms with Gasteiger partial charge in [0.15, 0.2) is 0 Å². The van der Waals surface area contributed by atoms with E-state index in [1.807, 2.05) is 32.1 Å². The molecular weight excluding hydrogens is 208 g/mol. The van der Waals surface area contributed by atoms with Crippen LogP contribution in [0.25, 0.3) is 0 Å². The lowest BCUT2D eigenvalue weighted by atomic mass is 10.1. The molecule has 1 aromatic carbocycles. The first-order chi connectivity index (χ1) is 8.38. The van der Waals surface area contributed by atoms with E-state index in [-0.39, 0.29) is 0 Å². The Balaban J connectivity index is 0.000000686. The van der Waals surface area contributed by atoms with E-state index in [4.69, 9.17) is 4.74 Å². The number of hydrogen-bond acceptors (Lipinski definition) is 1. The summed E-state index contributed by atoms with van der Waals surface area (Å²) in [5, 5.41) is 0. The van der Waals surface area contributed by atoms with Crippen LogP contribution in [-0.2, 0) is 6.42 Å². The van der Waals surface area contributed by atoms with Gasteiger partial charge in [0.1, 0.15) is 11.5 Å². The van der Waals surface area contributed by atoms with Crippen LogP contribution in [0.5, 0.6) is 5.75 Å². The Kier molecular flexibility index (Phi) is 6.16. The van der Waals surface area contributed by atoms with E-state index in [1.54, 1.807) is 0 Å². The number of hydrogen-bond donors (Lipinski definition) is 0. The van der Waals surface area contributed by atoms with Crippen molar-refractivity contribution in [3.8, 4) is 5.75 Å². The zero-order valence-electron chi connectivity index (χ0n) is 11.1. The minimum atomic E-state index is 0.937. The highest BCUT2D eigenvalue weighted by atomic mass is 16.5. The summed E-state index contributed by atoms with van der Waals surface area (Å²) in [5.41, 5.74) is 1.31. The second kappa shape index (κ2) is 7.72. The maximum absolute atomic E-state index is 5.77. The molecule has 1 aromatic rings. The molecule has 92 valence electrons. The highest BCUT2D eigenvalue weighted by Crippen LogP contribution is 2.19. The SMILES string of the molecule is CC.CCc1cccc(OC2=CCCC=C2)c1. The van der Waals surface area contributed by atoms with E-state index in [0.29, 0.717) is 0 Å². The van der Waals surface area contributed by atoms with Crippen molar-refractivity contribution in [2.75, 3.05) is 0 Å². The number of ether oxygens (including phenoxy) is 1. The fourth-order valence-electron chi connectivity index (χ4n) is 1.63. The summed E-state index contributed by atoms with van der Waals surface area (Å²) in [6, 6.07) is 8.27. The molecule has 0 aliphatic heterocycles. The molecule has 1 aliphatic rings. The molecule has 0 aromatic heterocycles. The maximum atomic E-state index is 5.77. The third-order valence-electron chi connectivity index (χ3n) is 2.50. The first kappa shape index (κ1) is 13.6. The predicted molar refractivity (Wildman–Crippen MR) is 74.3 cm³/mol. The zero-order valence-corrected chi connectivity index (χ0v) is 11.1. The summed E-state index contributed by atoms with van der Waals surface area (Å²) in [4.78, 5) is 0. The standard InChI is InChI=1S/C14H16O.C2H6/c1-2-12-7-6-10-14(11-12)15-13-8-4-3-5-9-13;1-2/h4,6-11H,2-3,5H2,1H3;1-2H3. The van der Waals surface area contributed by atoms with Crippen LogP contribution in [0.3, 0.4) is 0 Å². The van der Waals surface area contributed by atoms with Gasteiger partial charge in [-0.2, -0.15) is 0 Å². The van der Waals surface area contributed by atoms with Crippen LogP contribution in [0, 0.1) is 0 Å². The van der Waals surface area contributed by atoms with Crippen LogP contribution in [0.15, 0.2) is 48.3 Å². The average Bonchev–Trinajstić information content (AvgIpc) is 2.42. The summed E-state index contributed by atoms with van der Waals surface area (Å²) in [6.45, 7) is 6.15. The molecule has 17 heavy (non-hydrogen) atoms. The minimum absolute atomic E-state index is 0.937. The van der Waals surface area contributed by atoms with Gasteiger partial charge in [-0.15, -0.1) is 0 Å². The molecule has 0 heterocycles. The minimum Gasteiger partial charge on any atom is -0.458 e. The van der Waals surface area contributed by atoms with Gasteiger partial charge in [0.25, 0.3) is 0 Å². The first-order valence-corrected chi connectivity index (χ1v) is 6.52. The first-order valence-electron chi connectivity index (χ1n) is 6.52. The van der Waals surface area contributed by atoms with E-state index < -0.39 is 0 Å². The molecule has 0 unspecified atom stereocenters. The molecule has 0 saturated carbocycles. The van der Waals surface area contributed by atoms with Crippen molar-refractivity contribution in [1.29, 1.82) is 0 Å². The highest BCUT2D eigenvalue weighted by Gasteiger charge is 2.00. The molecule has 0 N–H and O–H groups in total. The Bertz CT molecular complexity index is 388. The van der Waals surface area contributed by atoms with Crippen molar-refractivity contribution in [1.82, 2.24) is 0 Å². The van der Waals surface area contributed by atoms with Crippen molar-refractivity contribution in [3.63, 3.8) is 0 Å². The number of allylic oxidation sites excluding steroid dienone is 3. The van der Waals surface area contributed by atoms with Crippen LogP contribution in [0.4, 0.5) is 0 Å². The van der Waals surface area contributed by atoms with Crippen molar-refractivity contribution < 1.29 is 4.74 Å². The molecule has 0 fully saturated rings. The molecular formula is C16H22O. The molecule has 1 nitrogen and oxygen atoms in total. The number of rotatable bonds is 3. The fraction of sp³-hybridized carbons (Fsp3) is 0.375. The Morgan fingerprint density at radius 3 is 2.65 bits per heavy atom. The van der Waals surface area contributed by atoms with Crippen LogP contribution in [-0.4, -0.2) is 0 Å². The van der Waals surface area contributed by atoms with Crippen molar-refractivity contribution in [3.05, 3.63) is 53.8 Å². The van der Waals surface area contributed by atoms with Crippen LogP contribution >= 0.6 is 0 Å². The topological polar surface area (TPSA) is 9.23 Å². The lowest BCUT2D eigenvalue weighted by Gasteiger charge is -2.10. The Hall–Kier alpha value is -1.50. The van der Waals surface area contributed by atoms with Crippen LogP contribution in [0.1, 0.15) is 39.2 Å². The lowest BCUT2D eigenvalue weighted by Crippen LogP contribution is -1.95. The molecule has 0 spiro atoms. The second-order valence-electron chi connectivity index (χ2n) is 3.69. The van der Waals surface area contributed by atoms with Crippen molar-refractivity contribution in [2.24, 2.45) is 0 Å². The highest BCUT2D eigenvalue weighted by molar-refractivity contribution is 5.31. The van der Waals surface area contributed by atoms with Crippen LogP contribution < -0.4 is 4.74 Å². The fourth-order valence-corrected chi connectivity index (χ4v) is 1.63. The number of aryl methyl sites for hydroxylation is 1. The smallest absolute Gasteiger partial charge is 0.127 e. The molecule has 0 atom stereocenters. The molecule has 1 aliphatic carbocycles. The average molecular weight is 230 g/mol. The van der Waals surface area contributed by atoms with Gasteiger partial charge in [-0.3, -0.25) is 0 Å². The van der Waals surface area contributed by atoms with Crippen LogP contribution in [0.2, 0.25) is 0 Å². The maximum Gasteiger partial charge on any atom is 0.127 e. The molecule has 2 rings (SSSR count). The monoisotopic (exact) mass is 230 g/mol. The van der Waals surface area contributed by atoms with E-state index in [0.717, 1.165) is 30.8 Å². The van der Waals surface area contributed by atoms with Crippen molar-refractivity contribution in [2.45, 2.75) is 40.0 Å². The number of benzene rings is 1. The summed E-state index contributed by atoms with van der Waals surface area (Å²) in [7, 11) is 0. The van der Waals surface area contributed by atoms with Gasteiger partial charge in [-0.25, -0.2) is 0 Å². The normalized spacial score (nSPS) is 13.5. The predicted octanol–water partition coefficient (Wildman–Crippen LogP) is 4.89. The largest absolute Gasteiger partial charge is 0.458 e. The lowest BCUT2D eigenvalue weighted by molar-refractivity contribution is 0.438. The Morgan fingerprint density at radius 2 is 2.00 bits per heavy atom. The molecule has 0 radical (unpaired) electrons. The van der Waals surface area contributed by atoms with Crippen molar-refractivity contribution >= 4 is 0 Å². The third kappa shape index (κ3) is 4.48. The third-order valence-corrected chi connectivity index (χ3v) is 2.50. The van der Waals surface area contributed by atoms with E-state index >= 15 is 0 Å².